The number of carbonyl (C=O) groups is 1. The largest absolute Gasteiger partial charge is 0.361 e. The number of rotatable bonds is 6. The van der Waals surface area contributed by atoms with Crippen LogP contribution in [0.2, 0.25) is 0 Å². The van der Waals surface area contributed by atoms with Crippen molar-refractivity contribution < 1.29 is 4.79 Å². The summed E-state index contributed by atoms with van der Waals surface area (Å²) in [6.45, 7) is 8.22. The number of nitrogens with zero attached hydrogens (tertiary/aromatic N) is 4. The van der Waals surface area contributed by atoms with Gasteiger partial charge in [0.05, 0.1) is 0 Å². The van der Waals surface area contributed by atoms with E-state index in [1.165, 1.54) is 0 Å². The molecular formula is C24H31N5O. The summed E-state index contributed by atoms with van der Waals surface area (Å²) in [4.78, 5) is 29.9. The Hall–Kier alpha value is -2.89. The summed E-state index contributed by atoms with van der Waals surface area (Å²) < 4.78 is 0. The van der Waals surface area contributed by atoms with Crippen LogP contribution in [-0.4, -0.2) is 40.0 Å². The fourth-order valence-corrected chi connectivity index (χ4v) is 4.55. The highest BCUT2D eigenvalue weighted by Crippen LogP contribution is 2.30. The van der Waals surface area contributed by atoms with E-state index in [1.807, 2.05) is 17.2 Å². The molecule has 1 saturated heterocycles. The van der Waals surface area contributed by atoms with Gasteiger partial charge in [-0.05, 0) is 62.4 Å². The van der Waals surface area contributed by atoms with Gasteiger partial charge in [-0.15, -0.1) is 0 Å². The molecule has 1 atom stereocenters. The van der Waals surface area contributed by atoms with Gasteiger partial charge >= 0.3 is 0 Å². The zero-order valence-corrected chi connectivity index (χ0v) is 18.1. The molecule has 0 bridgehead atoms. The average molecular weight is 406 g/mol. The lowest BCUT2D eigenvalue weighted by Gasteiger charge is -2.37. The number of H-pyrrole nitrogens is 1. The van der Waals surface area contributed by atoms with Crippen molar-refractivity contribution in [2.75, 3.05) is 22.9 Å². The molecule has 4 rings (SSSR count). The highest BCUT2D eigenvalue weighted by molar-refractivity contribution is 5.97. The smallest absolute Gasteiger partial charge is 0.230 e. The molecule has 3 aromatic rings. The van der Waals surface area contributed by atoms with Crippen LogP contribution in [0.4, 0.5) is 11.6 Å². The lowest BCUT2D eigenvalue weighted by molar-refractivity contribution is -0.123. The van der Waals surface area contributed by atoms with E-state index in [2.05, 4.69) is 64.9 Å². The van der Waals surface area contributed by atoms with Crippen LogP contribution in [-0.2, 0) is 4.79 Å². The van der Waals surface area contributed by atoms with Crippen molar-refractivity contribution in [2.24, 2.45) is 11.8 Å². The molecule has 6 heteroatoms. The Balaban J connectivity index is 1.53. The molecule has 1 fully saturated rings. The van der Waals surface area contributed by atoms with Crippen molar-refractivity contribution in [3.8, 4) is 0 Å². The maximum atomic E-state index is 13.7. The van der Waals surface area contributed by atoms with Gasteiger partial charge < -0.3 is 14.8 Å². The average Bonchev–Trinajstić information content (AvgIpc) is 3.22. The van der Waals surface area contributed by atoms with Gasteiger partial charge in [0.15, 0.2) is 0 Å². The molecule has 6 nitrogen and oxygen atoms in total. The zero-order valence-electron chi connectivity index (χ0n) is 18.1. The topological polar surface area (TPSA) is 65.1 Å². The molecule has 1 N–H and O–H groups in total. The number of anilines is 2. The number of aromatic amines is 1. The third-order valence-corrected chi connectivity index (χ3v) is 5.98. The van der Waals surface area contributed by atoms with E-state index >= 15 is 0 Å². The van der Waals surface area contributed by atoms with Crippen LogP contribution in [0.25, 0.3) is 10.9 Å². The third kappa shape index (κ3) is 4.32. The summed E-state index contributed by atoms with van der Waals surface area (Å²) in [5.41, 5.74) is 2.09. The van der Waals surface area contributed by atoms with E-state index < -0.39 is 0 Å². The number of fused-ring (bicyclic) bond motifs is 1. The van der Waals surface area contributed by atoms with E-state index in [-0.39, 0.29) is 17.9 Å². The van der Waals surface area contributed by atoms with Gasteiger partial charge in [-0.2, -0.15) is 0 Å². The van der Waals surface area contributed by atoms with Crippen molar-refractivity contribution in [3.63, 3.8) is 0 Å². The molecule has 3 heterocycles. The quantitative estimate of drug-likeness (QED) is 0.649. The molecule has 0 spiro atoms. The Kier molecular flexibility index (Phi) is 6.02. The molecule has 1 unspecified atom stereocenters. The minimum absolute atomic E-state index is 0.0292. The summed E-state index contributed by atoms with van der Waals surface area (Å²) in [7, 11) is 0. The number of carbonyl (C=O) groups excluding carboxylic acids is 1. The molecular weight excluding hydrogens is 374 g/mol. The second kappa shape index (κ2) is 8.86. The Bertz CT molecular complexity index is 975. The van der Waals surface area contributed by atoms with E-state index in [4.69, 9.17) is 0 Å². The van der Waals surface area contributed by atoms with Crippen LogP contribution in [0.5, 0.6) is 0 Å². The molecule has 1 amide bonds. The Morgan fingerprint density at radius 1 is 1.17 bits per heavy atom. The number of hydrogen-bond donors (Lipinski definition) is 1. The van der Waals surface area contributed by atoms with Gasteiger partial charge in [0.2, 0.25) is 11.9 Å². The Labute approximate surface area is 178 Å². The number of piperidine rings is 1. The second-order valence-electron chi connectivity index (χ2n) is 8.75. The van der Waals surface area contributed by atoms with Crippen LogP contribution < -0.4 is 9.80 Å². The monoisotopic (exact) mass is 405 g/mol. The lowest BCUT2D eigenvalue weighted by atomic mass is 9.93. The molecule has 2 aromatic heterocycles. The molecule has 1 aliphatic heterocycles. The van der Waals surface area contributed by atoms with Crippen LogP contribution in [0.15, 0.2) is 48.9 Å². The van der Waals surface area contributed by atoms with E-state index in [9.17, 15) is 4.79 Å². The first kappa shape index (κ1) is 20.4. The fraction of sp³-hybridized carbons (Fsp3) is 0.458. The SMILES string of the molecule is CC(C)CC(C)N(C(=O)C1CCN(c2ncccn2)CC1)c1ccc2[nH]ccc2c1. The Morgan fingerprint density at radius 2 is 1.90 bits per heavy atom. The first-order chi connectivity index (χ1) is 14.5. The van der Waals surface area contributed by atoms with Gasteiger partial charge in [-0.3, -0.25) is 4.79 Å². The maximum Gasteiger partial charge on any atom is 0.230 e. The van der Waals surface area contributed by atoms with E-state index in [0.717, 1.165) is 54.9 Å². The highest BCUT2D eigenvalue weighted by atomic mass is 16.2. The van der Waals surface area contributed by atoms with Crippen molar-refractivity contribution in [3.05, 3.63) is 48.9 Å². The summed E-state index contributed by atoms with van der Waals surface area (Å²) in [6.07, 6.45) is 8.12. The standard InChI is InChI=1S/C24H31N5O/c1-17(2)15-18(3)29(21-5-6-22-20(16-21)7-12-25-22)23(30)19-8-13-28(14-9-19)24-26-10-4-11-27-24/h4-7,10-12,16-19,25H,8-9,13-15H2,1-3H3. The van der Waals surface area contributed by atoms with Crippen LogP contribution >= 0.6 is 0 Å². The summed E-state index contributed by atoms with van der Waals surface area (Å²) in [6, 6.07) is 10.3. The third-order valence-electron chi connectivity index (χ3n) is 5.98. The van der Waals surface area contributed by atoms with Gasteiger partial charge in [0.1, 0.15) is 0 Å². The molecule has 0 radical (unpaired) electrons. The Morgan fingerprint density at radius 3 is 2.60 bits per heavy atom. The second-order valence-corrected chi connectivity index (χ2v) is 8.75. The van der Waals surface area contributed by atoms with E-state index in [0.29, 0.717) is 5.92 Å². The summed E-state index contributed by atoms with van der Waals surface area (Å²) in [5.74, 6) is 1.56. The minimum Gasteiger partial charge on any atom is -0.361 e. The normalized spacial score (nSPS) is 16.2. The van der Waals surface area contributed by atoms with Crippen molar-refractivity contribution in [1.82, 2.24) is 15.0 Å². The highest BCUT2D eigenvalue weighted by Gasteiger charge is 2.32. The van der Waals surface area contributed by atoms with Gasteiger partial charge in [-0.25, -0.2) is 9.97 Å². The summed E-state index contributed by atoms with van der Waals surface area (Å²) in [5, 5.41) is 1.14. The fourth-order valence-electron chi connectivity index (χ4n) is 4.55. The van der Waals surface area contributed by atoms with Crippen LogP contribution in [0.1, 0.15) is 40.0 Å². The number of amides is 1. The van der Waals surface area contributed by atoms with Gasteiger partial charge in [-0.1, -0.05) is 13.8 Å². The maximum absolute atomic E-state index is 13.7. The molecule has 0 saturated carbocycles. The van der Waals surface area contributed by atoms with E-state index in [1.54, 1.807) is 12.4 Å². The van der Waals surface area contributed by atoms with Crippen molar-refractivity contribution in [1.29, 1.82) is 0 Å². The van der Waals surface area contributed by atoms with Gasteiger partial charge in [0, 0.05) is 60.2 Å². The molecule has 0 aliphatic carbocycles. The first-order valence-electron chi connectivity index (χ1n) is 10.9. The predicted octanol–water partition coefficient (Wildman–Crippen LogP) is 4.64. The minimum atomic E-state index is 0.0292. The summed E-state index contributed by atoms with van der Waals surface area (Å²) >= 11 is 0. The molecule has 1 aromatic carbocycles. The first-order valence-corrected chi connectivity index (χ1v) is 10.9. The number of hydrogen-bond acceptors (Lipinski definition) is 4. The van der Waals surface area contributed by atoms with Crippen LogP contribution in [0, 0.1) is 11.8 Å². The number of benzene rings is 1. The lowest BCUT2D eigenvalue weighted by Crippen LogP contribution is -2.46. The number of nitrogens with one attached hydrogen (secondary N) is 1. The number of aromatic nitrogens is 3. The van der Waals surface area contributed by atoms with Crippen molar-refractivity contribution >= 4 is 28.4 Å². The predicted molar refractivity (Wildman–Crippen MR) is 122 cm³/mol. The molecule has 158 valence electrons. The van der Waals surface area contributed by atoms with Crippen molar-refractivity contribution in [2.45, 2.75) is 46.1 Å². The van der Waals surface area contributed by atoms with Crippen LogP contribution in [0.3, 0.4) is 0 Å². The molecule has 30 heavy (non-hydrogen) atoms. The molecule has 1 aliphatic rings. The zero-order chi connectivity index (χ0) is 21.1. The van der Waals surface area contributed by atoms with Gasteiger partial charge in [0.25, 0.3) is 0 Å².